The highest BCUT2D eigenvalue weighted by atomic mass is 16.5. The highest BCUT2D eigenvalue weighted by Crippen LogP contribution is 2.39. The Morgan fingerprint density at radius 2 is 1.63 bits per heavy atom. The molecule has 2 aromatic carbocycles. The van der Waals surface area contributed by atoms with E-state index in [1.54, 1.807) is 6.33 Å². The molecule has 1 aliphatic rings. The van der Waals surface area contributed by atoms with Crippen LogP contribution in [0.2, 0.25) is 0 Å². The van der Waals surface area contributed by atoms with Crippen LogP contribution in [0.4, 0.5) is 5.82 Å². The molecule has 2 aromatic heterocycles. The predicted molar refractivity (Wildman–Crippen MR) is 121 cm³/mol. The van der Waals surface area contributed by atoms with E-state index in [4.69, 9.17) is 4.74 Å². The number of benzene rings is 2. The Morgan fingerprint density at radius 1 is 0.900 bits per heavy atom. The van der Waals surface area contributed by atoms with E-state index < -0.39 is 0 Å². The molecule has 0 spiro atoms. The molecule has 0 radical (unpaired) electrons. The van der Waals surface area contributed by atoms with Crippen molar-refractivity contribution in [2.75, 3.05) is 12.4 Å². The smallest absolute Gasteiger partial charge is 0.146 e. The molecule has 5 rings (SSSR count). The van der Waals surface area contributed by atoms with Crippen molar-refractivity contribution >= 4 is 16.9 Å². The van der Waals surface area contributed by atoms with Crippen molar-refractivity contribution < 1.29 is 4.74 Å². The third-order valence-corrected chi connectivity index (χ3v) is 5.96. The maximum Gasteiger partial charge on any atom is 0.146 e. The molecular weight excluding hydrogens is 372 g/mol. The lowest BCUT2D eigenvalue weighted by Crippen LogP contribution is -2.12. The van der Waals surface area contributed by atoms with Crippen molar-refractivity contribution in [1.29, 1.82) is 0 Å². The van der Waals surface area contributed by atoms with E-state index in [9.17, 15) is 0 Å². The Morgan fingerprint density at radius 3 is 2.37 bits per heavy atom. The molecule has 0 unspecified atom stereocenters. The molecule has 5 heteroatoms. The first kappa shape index (κ1) is 18.7. The van der Waals surface area contributed by atoms with Gasteiger partial charge in [-0.1, -0.05) is 49.6 Å². The highest BCUT2D eigenvalue weighted by Gasteiger charge is 2.22. The van der Waals surface area contributed by atoms with Gasteiger partial charge in [0, 0.05) is 24.8 Å². The monoisotopic (exact) mass is 398 g/mol. The number of rotatable bonds is 5. The zero-order valence-electron chi connectivity index (χ0n) is 17.2. The number of anilines is 1. The van der Waals surface area contributed by atoms with E-state index in [-0.39, 0.29) is 0 Å². The molecule has 4 aromatic rings. The molecule has 0 bridgehead atoms. The zero-order chi connectivity index (χ0) is 20.3. The molecule has 2 heterocycles. The summed E-state index contributed by atoms with van der Waals surface area (Å²) in [6, 6.07) is 18.6. The second-order valence-electron chi connectivity index (χ2n) is 7.85. The number of ether oxygens (including phenoxy) is 1. The summed E-state index contributed by atoms with van der Waals surface area (Å²) >= 11 is 0. The largest absolute Gasteiger partial charge is 0.457 e. The summed E-state index contributed by atoms with van der Waals surface area (Å²) in [4.78, 5) is 9.15. The van der Waals surface area contributed by atoms with Crippen LogP contribution in [0.3, 0.4) is 0 Å². The van der Waals surface area contributed by atoms with Crippen molar-refractivity contribution in [2.45, 2.75) is 38.1 Å². The molecule has 0 amide bonds. The fourth-order valence-corrected chi connectivity index (χ4v) is 4.46. The van der Waals surface area contributed by atoms with Gasteiger partial charge in [0.15, 0.2) is 0 Å². The first-order valence-electron chi connectivity index (χ1n) is 10.7. The Kier molecular flexibility index (Phi) is 5.10. The van der Waals surface area contributed by atoms with Gasteiger partial charge in [0.2, 0.25) is 0 Å². The molecule has 1 aliphatic carbocycles. The first-order chi connectivity index (χ1) is 14.8. The molecule has 1 fully saturated rings. The van der Waals surface area contributed by atoms with Gasteiger partial charge < -0.3 is 14.6 Å². The van der Waals surface area contributed by atoms with Crippen molar-refractivity contribution in [3.8, 4) is 22.6 Å². The third-order valence-electron chi connectivity index (χ3n) is 5.96. The van der Waals surface area contributed by atoms with Crippen LogP contribution in [0.15, 0.2) is 67.1 Å². The van der Waals surface area contributed by atoms with Crippen LogP contribution >= 0.6 is 0 Å². The summed E-state index contributed by atoms with van der Waals surface area (Å²) in [5.41, 5.74) is 3.31. The average Bonchev–Trinajstić information content (AvgIpc) is 3.21. The SMILES string of the molecule is CNc1ncnc2c1c(-c1ccc(Oc3ccccc3)cc1)cn2C1CCCCC1. The van der Waals surface area contributed by atoms with E-state index in [0.717, 1.165) is 39.5 Å². The van der Waals surface area contributed by atoms with Gasteiger partial charge in [-0.3, -0.25) is 0 Å². The fourth-order valence-electron chi connectivity index (χ4n) is 4.46. The van der Waals surface area contributed by atoms with E-state index in [1.807, 2.05) is 49.5 Å². The van der Waals surface area contributed by atoms with Gasteiger partial charge >= 0.3 is 0 Å². The van der Waals surface area contributed by atoms with Gasteiger partial charge in [-0.05, 0) is 42.7 Å². The quantitative estimate of drug-likeness (QED) is 0.420. The fraction of sp³-hybridized carbons (Fsp3) is 0.280. The lowest BCUT2D eigenvalue weighted by Gasteiger charge is -2.23. The summed E-state index contributed by atoms with van der Waals surface area (Å²) in [6.07, 6.45) is 10.3. The summed E-state index contributed by atoms with van der Waals surface area (Å²) in [7, 11) is 1.92. The molecule has 1 N–H and O–H groups in total. The lowest BCUT2D eigenvalue weighted by molar-refractivity contribution is 0.360. The number of fused-ring (bicyclic) bond motifs is 1. The second kappa shape index (κ2) is 8.19. The summed E-state index contributed by atoms with van der Waals surface area (Å²) < 4.78 is 8.34. The van der Waals surface area contributed by atoms with Crippen molar-refractivity contribution in [2.24, 2.45) is 0 Å². The number of nitrogens with one attached hydrogen (secondary N) is 1. The van der Waals surface area contributed by atoms with Crippen LogP contribution in [0.5, 0.6) is 11.5 Å². The molecule has 5 nitrogen and oxygen atoms in total. The molecule has 152 valence electrons. The number of hydrogen-bond acceptors (Lipinski definition) is 4. The van der Waals surface area contributed by atoms with E-state index >= 15 is 0 Å². The van der Waals surface area contributed by atoms with Crippen molar-refractivity contribution in [3.63, 3.8) is 0 Å². The zero-order valence-corrected chi connectivity index (χ0v) is 17.2. The normalized spacial score (nSPS) is 14.7. The molecule has 0 atom stereocenters. The number of para-hydroxylation sites is 1. The predicted octanol–water partition coefficient (Wildman–Crippen LogP) is 6.44. The first-order valence-corrected chi connectivity index (χ1v) is 10.7. The Bertz CT molecular complexity index is 1130. The Labute approximate surface area is 176 Å². The van der Waals surface area contributed by atoms with E-state index in [0.29, 0.717) is 6.04 Å². The third kappa shape index (κ3) is 3.52. The summed E-state index contributed by atoms with van der Waals surface area (Å²) in [5, 5.41) is 4.34. The van der Waals surface area contributed by atoms with E-state index in [1.165, 1.54) is 32.1 Å². The Hall–Kier alpha value is -3.34. The van der Waals surface area contributed by atoms with Crippen LogP contribution in [-0.4, -0.2) is 21.6 Å². The lowest BCUT2D eigenvalue weighted by atomic mass is 9.95. The van der Waals surface area contributed by atoms with Crippen LogP contribution in [0, 0.1) is 0 Å². The number of nitrogens with zero attached hydrogens (tertiary/aromatic N) is 3. The minimum atomic E-state index is 0.510. The van der Waals surface area contributed by atoms with Gasteiger partial charge in [-0.15, -0.1) is 0 Å². The molecule has 30 heavy (non-hydrogen) atoms. The minimum Gasteiger partial charge on any atom is -0.457 e. The Balaban J connectivity index is 1.54. The minimum absolute atomic E-state index is 0.510. The summed E-state index contributed by atoms with van der Waals surface area (Å²) in [6.45, 7) is 0. The van der Waals surface area contributed by atoms with Gasteiger partial charge in [0.25, 0.3) is 0 Å². The maximum absolute atomic E-state index is 5.96. The van der Waals surface area contributed by atoms with Crippen molar-refractivity contribution in [3.05, 3.63) is 67.1 Å². The maximum atomic E-state index is 5.96. The van der Waals surface area contributed by atoms with Crippen LogP contribution < -0.4 is 10.1 Å². The number of hydrogen-bond donors (Lipinski definition) is 1. The second-order valence-corrected chi connectivity index (χ2v) is 7.85. The standard InChI is InChI=1S/C25H26N4O/c1-26-24-23-22(16-29(25(23)28-17-27-24)19-8-4-2-5-9-19)18-12-14-21(15-13-18)30-20-10-6-3-7-11-20/h3,6-7,10-17,19H,2,4-5,8-9H2,1H3,(H,26,27,28). The average molecular weight is 399 g/mol. The molecular formula is C25H26N4O. The molecule has 0 aliphatic heterocycles. The van der Waals surface area contributed by atoms with Gasteiger partial charge in [-0.2, -0.15) is 0 Å². The van der Waals surface area contributed by atoms with Crippen molar-refractivity contribution in [1.82, 2.24) is 14.5 Å². The highest BCUT2D eigenvalue weighted by molar-refractivity contribution is 6.01. The van der Waals surface area contributed by atoms with Gasteiger partial charge in [0.05, 0.1) is 5.39 Å². The van der Waals surface area contributed by atoms with E-state index in [2.05, 4.69) is 38.2 Å². The topological polar surface area (TPSA) is 52.0 Å². The summed E-state index contributed by atoms with van der Waals surface area (Å²) in [5.74, 6) is 2.53. The van der Waals surface area contributed by atoms with Crippen LogP contribution in [-0.2, 0) is 0 Å². The van der Waals surface area contributed by atoms with Gasteiger partial charge in [0.1, 0.15) is 29.3 Å². The van der Waals surface area contributed by atoms with Crippen LogP contribution in [0.25, 0.3) is 22.2 Å². The number of aromatic nitrogens is 3. The molecule has 1 saturated carbocycles. The van der Waals surface area contributed by atoms with Crippen LogP contribution in [0.1, 0.15) is 38.1 Å². The van der Waals surface area contributed by atoms with Gasteiger partial charge in [-0.25, -0.2) is 9.97 Å². The molecule has 0 saturated heterocycles.